The lowest BCUT2D eigenvalue weighted by Crippen LogP contribution is -2.40. The van der Waals surface area contributed by atoms with E-state index in [4.69, 9.17) is 5.11 Å². The molecule has 26 heavy (non-hydrogen) atoms. The Labute approximate surface area is 153 Å². The molecular weight excluding hydrogens is 328 g/mol. The van der Waals surface area contributed by atoms with Crippen LogP contribution in [0.25, 0.3) is 0 Å². The highest BCUT2D eigenvalue weighted by Gasteiger charge is 2.24. The molecule has 0 saturated carbocycles. The Hall–Kier alpha value is -2.66. The first-order valence-corrected chi connectivity index (χ1v) is 8.98. The zero-order chi connectivity index (χ0) is 18.4. The van der Waals surface area contributed by atoms with E-state index in [1.807, 2.05) is 6.07 Å². The summed E-state index contributed by atoms with van der Waals surface area (Å²) in [6.45, 7) is 3.23. The average Bonchev–Trinajstić information content (AvgIpc) is 2.68. The van der Waals surface area contributed by atoms with Crippen LogP contribution in [0.4, 0.5) is 0 Å². The van der Waals surface area contributed by atoms with Gasteiger partial charge < -0.3 is 10.4 Å². The number of carboxylic acid groups (broad SMARTS) is 1. The third-order valence-electron chi connectivity index (χ3n) is 4.88. The summed E-state index contributed by atoms with van der Waals surface area (Å²) in [5, 5.41) is 11.9. The lowest BCUT2D eigenvalue weighted by molar-refractivity contribution is -0.126. The Bertz CT molecular complexity index is 736. The van der Waals surface area contributed by atoms with Gasteiger partial charge in [0.15, 0.2) is 0 Å². The number of benzene rings is 2. The molecule has 0 unspecified atom stereocenters. The van der Waals surface area contributed by atoms with Crippen molar-refractivity contribution in [1.82, 2.24) is 10.2 Å². The Morgan fingerprint density at radius 3 is 2.23 bits per heavy atom. The molecule has 2 aromatic rings. The fraction of sp³-hybridized carbons (Fsp3) is 0.333. The van der Waals surface area contributed by atoms with Gasteiger partial charge in [-0.15, -0.1) is 0 Å². The van der Waals surface area contributed by atoms with Gasteiger partial charge in [0.05, 0.1) is 5.56 Å². The van der Waals surface area contributed by atoms with Gasteiger partial charge in [-0.1, -0.05) is 42.5 Å². The highest BCUT2D eigenvalue weighted by atomic mass is 16.4. The predicted molar refractivity (Wildman–Crippen MR) is 99.7 cm³/mol. The van der Waals surface area contributed by atoms with Crippen molar-refractivity contribution in [2.75, 3.05) is 13.1 Å². The minimum atomic E-state index is -0.942. The Balaban J connectivity index is 1.42. The Morgan fingerprint density at radius 2 is 1.62 bits per heavy atom. The second-order valence-corrected chi connectivity index (χ2v) is 6.76. The van der Waals surface area contributed by atoms with Crippen LogP contribution >= 0.6 is 0 Å². The summed E-state index contributed by atoms with van der Waals surface area (Å²) in [6, 6.07) is 17.0. The Kier molecular flexibility index (Phi) is 6.02. The molecule has 2 N–H and O–H groups in total. The fourth-order valence-corrected chi connectivity index (χ4v) is 3.29. The van der Waals surface area contributed by atoms with Crippen molar-refractivity contribution < 1.29 is 14.7 Å². The van der Waals surface area contributed by atoms with Gasteiger partial charge in [-0.05, 0) is 49.2 Å². The monoisotopic (exact) mass is 352 g/mol. The zero-order valence-corrected chi connectivity index (χ0v) is 14.7. The molecule has 3 rings (SSSR count). The van der Waals surface area contributed by atoms with E-state index in [0.717, 1.165) is 38.0 Å². The van der Waals surface area contributed by atoms with E-state index in [0.29, 0.717) is 6.54 Å². The van der Waals surface area contributed by atoms with Gasteiger partial charge in [0.2, 0.25) is 5.91 Å². The molecule has 0 aliphatic carbocycles. The molecule has 0 aromatic heterocycles. The number of carbonyl (C=O) groups is 2. The first-order chi connectivity index (χ1) is 12.6. The largest absolute Gasteiger partial charge is 0.478 e. The summed E-state index contributed by atoms with van der Waals surface area (Å²) in [4.78, 5) is 25.6. The first kappa shape index (κ1) is 18.1. The summed E-state index contributed by atoms with van der Waals surface area (Å²) in [5.74, 6) is -0.796. The second kappa shape index (κ2) is 8.63. The van der Waals surface area contributed by atoms with Crippen LogP contribution < -0.4 is 5.32 Å². The van der Waals surface area contributed by atoms with Crippen LogP contribution in [0.2, 0.25) is 0 Å². The van der Waals surface area contributed by atoms with Crippen molar-refractivity contribution in [3.8, 4) is 0 Å². The number of carbonyl (C=O) groups excluding carboxylic acids is 1. The Morgan fingerprint density at radius 1 is 0.962 bits per heavy atom. The normalized spacial score (nSPS) is 15.5. The number of piperidine rings is 1. The maximum Gasteiger partial charge on any atom is 0.335 e. The summed E-state index contributed by atoms with van der Waals surface area (Å²) >= 11 is 0. The summed E-state index contributed by atoms with van der Waals surface area (Å²) in [6.07, 6.45) is 1.74. The van der Waals surface area contributed by atoms with Gasteiger partial charge in [0.1, 0.15) is 0 Å². The second-order valence-electron chi connectivity index (χ2n) is 6.76. The number of amides is 1. The molecule has 5 heteroatoms. The zero-order valence-electron chi connectivity index (χ0n) is 14.7. The number of aromatic carboxylic acids is 1. The summed E-state index contributed by atoms with van der Waals surface area (Å²) in [7, 11) is 0. The molecule has 1 saturated heterocycles. The van der Waals surface area contributed by atoms with E-state index in [2.05, 4.69) is 34.5 Å². The predicted octanol–water partition coefficient (Wildman–Crippen LogP) is 2.91. The maximum absolute atomic E-state index is 12.4. The van der Waals surface area contributed by atoms with E-state index in [-0.39, 0.29) is 17.4 Å². The molecule has 5 nitrogen and oxygen atoms in total. The maximum atomic E-state index is 12.4. The molecule has 1 amide bonds. The lowest BCUT2D eigenvalue weighted by atomic mass is 9.95. The van der Waals surface area contributed by atoms with Crippen LogP contribution in [0, 0.1) is 5.92 Å². The molecule has 2 aromatic carbocycles. The number of nitrogens with one attached hydrogen (secondary N) is 1. The van der Waals surface area contributed by atoms with Crippen LogP contribution in [0.3, 0.4) is 0 Å². The molecule has 0 radical (unpaired) electrons. The number of hydrogen-bond donors (Lipinski definition) is 2. The quantitative estimate of drug-likeness (QED) is 0.839. The van der Waals surface area contributed by atoms with Crippen LogP contribution in [-0.2, 0) is 17.9 Å². The van der Waals surface area contributed by atoms with E-state index in [1.165, 1.54) is 5.56 Å². The highest BCUT2D eigenvalue weighted by Crippen LogP contribution is 2.19. The van der Waals surface area contributed by atoms with Crippen LogP contribution in [-0.4, -0.2) is 35.0 Å². The third-order valence-corrected chi connectivity index (χ3v) is 4.88. The number of carboxylic acids is 1. The lowest BCUT2D eigenvalue weighted by Gasteiger charge is -2.31. The van der Waals surface area contributed by atoms with E-state index in [9.17, 15) is 9.59 Å². The standard InChI is InChI=1S/C21H24N2O3/c24-20(22-14-16-6-8-19(9-7-16)21(25)26)18-10-12-23(13-11-18)15-17-4-2-1-3-5-17/h1-9,18H,10-15H2,(H,22,24)(H,25,26). The minimum Gasteiger partial charge on any atom is -0.478 e. The van der Waals surface area contributed by atoms with Crippen molar-refractivity contribution in [1.29, 1.82) is 0 Å². The molecule has 0 spiro atoms. The van der Waals surface area contributed by atoms with E-state index < -0.39 is 5.97 Å². The average molecular weight is 352 g/mol. The van der Waals surface area contributed by atoms with Crippen molar-refractivity contribution in [2.45, 2.75) is 25.9 Å². The van der Waals surface area contributed by atoms with Crippen LogP contribution in [0.5, 0.6) is 0 Å². The van der Waals surface area contributed by atoms with Gasteiger partial charge in [0, 0.05) is 19.0 Å². The summed E-state index contributed by atoms with van der Waals surface area (Å²) in [5.41, 5.74) is 2.47. The number of likely N-dealkylation sites (tertiary alicyclic amines) is 1. The van der Waals surface area contributed by atoms with Gasteiger partial charge >= 0.3 is 5.97 Å². The van der Waals surface area contributed by atoms with Gasteiger partial charge in [-0.2, -0.15) is 0 Å². The topological polar surface area (TPSA) is 69.6 Å². The van der Waals surface area contributed by atoms with Crippen molar-refractivity contribution >= 4 is 11.9 Å². The van der Waals surface area contributed by atoms with Crippen LogP contribution in [0.1, 0.15) is 34.3 Å². The summed E-state index contributed by atoms with van der Waals surface area (Å²) < 4.78 is 0. The van der Waals surface area contributed by atoms with E-state index in [1.54, 1.807) is 24.3 Å². The van der Waals surface area contributed by atoms with Gasteiger partial charge in [0.25, 0.3) is 0 Å². The van der Waals surface area contributed by atoms with Gasteiger partial charge in [-0.3, -0.25) is 9.69 Å². The molecule has 1 aliphatic heterocycles. The molecule has 0 bridgehead atoms. The fourth-order valence-electron chi connectivity index (χ4n) is 3.29. The molecular formula is C21H24N2O3. The van der Waals surface area contributed by atoms with Crippen molar-refractivity contribution in [3.63, 3.8) is 0 Å². The minimum absolute atomic E-state index is 0.0558. The molecule has 1 aliphatic rings. The smallest absolute Gasteiger partial charge is 0.335 e. The molecule has 0 atom stereocenters. The molecule has 136 valence electrons. The molecule has 1 fully saturated rings. The van der Waals surface area contributed by atoms with Crippen molar-refractivity contribution in [2.24, 2.45) is 5.92 Å². The molecule has 1 heterocycles. The highest BCUT2D eigenvalue weighted by molar-refractivity contribution is 5.87. The SMILES string of the molecule is O=C(O)c1ccc(CNC(=O)C2CCN(Cc3ccccc3)CC2)cc1. The van der Waals surface area contributed by atoms with Crippen LogP contribution in [0.15, 0.2) is 54.6 Å². The van der Waals surface area contributed by atoms with Crippen molar-refractivity contribution in [3.05, 3.63) is 71.3 Å². The van der Waals surface area contributed by atoms with Gasteiger partial charge in [-0.25, -0.2) is 4.79 Å². The number of nitrogens with zero attached hydrogens (tertiary/aromatic N) is 1. The van der Waals surface area contributed by atoms with E-state index >= 15 is 0 Å². The number of rotatable bonds is 6. The first-order valence-electron chi connectivity index (χ1n) is 8.98. The third kappa shape index (κ3) is 4.92. The number of hydrogen-bond acceptors (Lipinski definition) is 3.